The molecule has 134 valence electrons. The van der Waals surface area contributed by atoms with Crippen LogP contribution in [-0.4, -0.2) is 49.8 Å². The van der Waals surface area contributed by atoms with Crippen molar-refractivity contribution in [3.05, 3.63) is 24.3 Å². The van der Waals surface area contributed by atoms with Crippen LogP contribution in [0.1, 0.15) is 33.6 Å². The molecule has 1 saturated carbocycles. The second-order valence-corrected chi connectivity index (χ2v) is 6.44. The Morgan fingerprint density at radius 2 is 1.88 bits per heavy atom. The van der Waals surface area contributed by atoms with E-state index >= 15 is 0 Å². The second kappa shape index (κ2) is 8.49. The van der Waals surface area contributed by atoms with Crippen molar-refractivity contribution < 1.29 is 14.3 Å². The van der Waals surface area contributed by atoms with Crippen LogP contribution in [0.3, 0.4) is 0 Å². The molecule has 1 amide bonds. The van der Waals surface area contributed by atoms with Crippen LogP contribution < -0.4 is 10.1 Å². The third kappa shape index (κ3) is 4.71. The average molecular weight is 334 g/mol. The van der Waals surface area contributed by atoms with Crippen LogP contribution in [0.15, 0.2) is 24.3 Å². The number of carbonyl (C=O) groups excluding carboxylic acids is 1. The van der Waals surface area contributed by atoms with Gasteiger partial charge in [0.15, 0.2) is 0 Å². The lowest BCUT2D eigenvalue weighted by Gasteiger charge is -2.26. The minimum atomic E-state index is -0.737. The van der Waals surface area contributed by atoms with E-state index in [9.17, 15) is 4.79 Å². The highest BCUT2D eigenvalue weighted by Gasteiger charge is 2.47. The summed E-state index contributed by atoms with van der Waals surface area (Å²) >= 11 is 0. The van der Waals surface area contributed by atoms with Gasteiger partial charge in [-0.05, 0) is 63.0 Å². The van der Waals surface area contributed by atoms with Crippen molar-refractivity contribution in [3.8, 4) is 5.75 Å². The summed E-state index contributed by atoms with van der Waals surface area (Å²) in [6.07, 6.45) is 2.11. The topological polar surface area (TPSA) is 50.8 Å². The van der Waals surface area contributed by atoms with Crippen molar-refractivity contribution in [2.75, 3.05) is 38.7 Å². The molecule has 0 bridgehead atoms. The predicted molar refractivity (Wildman–Crippen MR) is 96.5 cm³/mol. The molecular formula is C19H30N2O3. The standard InChI is InChI=1S/C19H30N2O3/c1-5-21(6-2)13-14-24-17-11-9-16(10-12-17)20-18(22)19(3,23-4)15-7-8-15/h9-12,15H,5-8,13-14H2,1-4H3,(H,20,22)/t19-/m0/s1. The molecule has 1 N–H and O–H groups in total. The molecule has 0 heterocycles. The van der Waals surface area contributed by atoms with E-state index in [0.29, 0.717) is 12.5 Å². The van der Waals surface area contributed by atoms with Crippen LogP contribution in [0.25, 0.3) is 0 Å². The fraction of sp³-hybridized carbons (Fsp3) is 0.632. The molecule has 0 aliphatic heterocycles. The molecule has 0 radical (unpaired) electrons. The van der Waals surface area contributed by atoms with E-state index in [2.05, 4.69) is 24.1 Å². The molecular weight excluding hydrogens is 304 g/mol. The molecule has 1 atom stereocenters. The number of benzene rings is 1. The number of likely N-dealkylation sites (N-methyl/N-ethyl adjacent to an activating group) is 1. The summed E-state index contributed by atoms with van der Waals surface area (Å²) in [6.45, 7) is 9.81. The highest BCUT2D eigenvalue weighted by atomic mass is 16.5. The van der Waals surface area contributed by atoms with E-state index in [4.69, 9.17) is 9.47 Å². The first-order valence-corrected chi connectivity index (χ1v) is 8.85. The maximum Gasteiger partial charge on any atom is 0.256 e. The molecule has 1 aliphatic rings. The van der Waals surface area contributed by atoms with Crippen molar-refractivity contribution in [3.63, 3.8) is 0 Å². The molecule has 24 heavy (non-hydrogen) atoms. The van der Waals surface area contributed by atoms with Crippen LogP contribution in [0.5, 0.6) is 5.75 Å². The van der Waals surface area contributed by atoms with Gasteiger partial charge in [0.25, 0.3) is 5.91 Å². The van der Waals surface area contributed by atoms with Gasteiger partial charge in [-0.25, -0.2) is 0 Å². The zero-order chi connectivity index (χ0) is 17.6. The van der Waals surface area contributed by atoms with Gasteiger partial charge in [0.05, 0.1) is 0 Å². The molecule has 5 nitrogen and oxygen atoms in total. The SMILES string of the molecule is CCN(CC)CCOc1ccc(NC(=O)[C@@](C)(OC)C2CC2)cc1. The Morgan fingerprint density at radius 1 is 1.25 bits per heavy atom. The van der Waals surface area contributed by atoms with Crippen LogP contribution >= 0.6 is 0 Å². The zero-order valence-electron chi connectivity index (χ0n) is 15.3. The van der Waals surface area contributed by atoms with E-state index in [1.165, 1.54) is 0 Å². The van der Waals surface area contributed by atoms with Gasteiger partial charge in [0.1, 0.15) is 18.0 Å². The maximum atomic E-state index is 12.5. The van der Waals surface area contributed by atoms with E-state index in [0.717, 1.165) is 43.9 Å². The monoisotopic (exact) mass is 334 g/mol. The number of nitrogens with one attached hydrogen (secondary N) is 1. The fourth-order valence-electron chi connectivity index (χ4n) is 2.80. The van der Waals surface area contributed by atoms with E-state index in [-0.39, 0.29) is 5.91 Å². The van der Waals surface area contributed by atoms with E-state index in [1.807, 2.05) is 31.2 Å². The summed E-state index contributed by atoms with van der Waals surface area (Å²) < 4.78 is 11.2. The first-order valence-electron chi connectivity index (χ1n) is 8.85. The summed E-state index contributed by atoms with van der Waals surface area (Å²) in [5.41, 5.74) is 0.0267. The average Bonchev–Trinajstić information content (AvgIpc) is 3.45. The summed E-state index contributed by atoms with van der Waals surface area (Å²) in [5, 5.41) is 2.95. The Bertz CT molecular complexity index is 524. The number of hydrogen-bond donors (Lipinski definition) is 1. The molecule has 5 heteroatoms. The minimum absolute atomic E-state index is 0.0808. The highest BCUT2D eigenvalue weighted by Crippen LogP contribution is 2.42. The van der Waals surface area contributed by atoms with Crippen LogP contribution in [0.2, 0.25) is 0 Å². The number of amides is 1. The fourth-order valence-corrected chi connectivity index (χ4v) is 2.80. The molecule has 1 aromatic rings. The van der Waals surface area contributed by atoms with Crippen molar-refractivity contribution in [2.45, 2.75) is 39.2 Å². The molecule has 0 unspecified atom stereocenters. The van der Waals surface area contributed by atoms with Gasteiger partial charge in [-0.15, -0.1) is 0 Å². The van der Waals surface area contributed by atoms with Crippen molar-refractivity contribution in [1.82, 2.24) is 4.90 Å². The van der Waals surface area contributed by atoms with Gasteiger partial charge < -0.3 is 19.7 Å². The number of ether oxygens (including phenoxy) is 2. The minimum Gasteiger partial charge on any atom is -0.492 e. The number of rotatable bonds is 10. The highest BCUT2D eigenvalue weighted by molar-refractivity contribution is 5.97. The summed E-state index contributed by atoms with van der Waals surface area (Å²) in [4.78, 5) is 14.8. The van der Waals surface area contributed by atoms with Gasteiger partial charge in [-0.1, -0.05) is 13.8 Å². The molecule has 1 aliphatic carbocycles. The predicted octanol–water partition coefficient (Wildman–Crippen LogP) is 3.16. The molecule has 2 rings (SSSR count). The van der Waals surface area contributed by atoms with Gasteiger partial charge in [-0.3, -0.25) is 4.79 Å². The van der Waals surface area contributed by atoms with Crippen molar-refractivity contribution in [1.29, 1.82) is 0 Å². The molecule has 1 aromatic carbocycles. The largest absolute Gasteiger partial charge is 0.492 e. The van der Waals surface area contributed by atoms with Gasteiger partial charge >= 0.3 is 0 Å². The van der Waals surface area contributed by atoms with Crippen molar-refractivity contribution >= 4 is 11.6 Å². The Balaban J connectivity index is 1.84. The lowest BCUT2D eigenvalue weighted by molar-refractivity contribution is -0.138. The van der Waals surface area contributed by atoms with E-state index < -0.39 is 5.60 Å². The number of methoxy groups -OCH3 is 1. The third-order valence-electron chi connectivity index (χ3n) is 4.91. The Morgan fingerprint density at radius 3 is 2.38 bits per heavy atom. The summed E-state index contributed by atoms with van der Waals surface area (Å²) in [7, 11) is 1.60. The van der Waals surface area contributed by atoms with Gasteiger partial charge in [0, 0.05) is 19.3 Å². The lowest BCUT2D eigenvalue weighted by Crippen LogP contribution is -2.44. The van der Waals surface area contributed by atoms with Gasteiger partial charge in [-0.2, -0.15) is 0 Å². The number of anilines is 1. The quantitative estimate of drug-likeness (QED) is 0.714. The second-order valence-electron chi connectivity index (χ2n) is 6.44. The Kier molecular flexibility index (Phi) is 6.63. The van der Waals surface area contributed by atoms with Crippen LogP contribution in [-0.2, 0) is 9.53 Å². The normalized spacial score (nSPS) is 16.7. The first kappa shape index (κ1) is 18.7. The van der Waals surface area contributed by atoms with Gasteiger partial charge in [0.2, 0.25) is 0 Å². The summed E-state index contributed by atoms with van der Waals surface area (Å²) in [6, 6.07) is 7.51. The summed E-state index contributed by atoms with van der Waals surface area (Å²) in [5.74, 6) is 1.06. The Labute approximate surface area is 145 Å². The first-order chi connectivity index (χ1) is 11.5. The smallest absolute Gasteiger partial charge is 0.256 e. The van der Waals surface area contributed by atoms with Crippen LogP contribution in [0, 0.1) is 5.92 Å². The molecule has 0 spiro atoms. The molecule has 1 fully saturated rings. The maximum absolute atomic E-state index is 12.5. The third-order valence-corrected chi connectivity index (χ3v) is 4.91. The van der Waals surface area contributed by atoms with Crippen LogP contribution in [0.4, 0.5) is 5.69 Å². The number of carbonyl (C=O) groups is 1. The Hall–Kier alpha value is -1.59. The zero-order valence-corrected chi connectivity index (χ0v) is 15.3. The number of hydrogen-bond acceptors (Lipinski definition) is 4. The van der Waals surface area contributed by atoms with Crippen molar-refractivity contribution in [2.24, 2.45) is 5.92 Å². The number of nitrogens with zero attached hydrogens (tertiary/aromatic N) is 1. The lowest BCUT2D eigenvalue weighted by atomic mass is 9.99. The van der Waals surface area contributed by atoms with E-state index in [1.54, 1.807) is 7.11 Å². The molecule has 0 aromatic heterocycles. The molecule has 0 saturated heterocycles.